The molecule has 1 amide bonds. The van der Waals surface area contributed by atoms with Crippen LogP contribution in [0.1, 0.15) is 39.6 Å². The molecule has 9 nitrogen and oxygen atoms in total. The quantitative estimate of drug-likeness (QED) is 0.274. The van der Waals surface area contributed by atoms with E-state index < -0.39 is 0 Å². The molecule has 1 unspecified atom stereocenters. The molecule has 1 aromatic heterocycles. The first kappa shape index (κ1) is 27.8. The molecule has 1 fully saturated rings. The van der Waals surface area contributed by atoms with Crippen molar-refractivity contribution in [2.45, 2.75) is 19.1 Å². The van der Waals surface area contributed by atoms with E-state index in [2.05, 4.69) is 15.1 Å². The second-order valence-electron chi connectivity index (χ2n) is 10.5. The van der Waals surface area contributed by atoms with E-state index in [0.717, 1.165) is 73.0 Å². The summed E-state index contributed by atoms with van der Waals surface area (Å²) in [7, 11) is 3.28. The average Bonchev–Trinajstić information content (AvgIpc) is 3.59. The van der Waals surface area contributed by atoms with Gasteiger partial charge in [-0.05, 0) is 53.9 Å². The molecule has 1 N–H and O–H groups in total. The van der Waals surface area contributed by atoms with Gasteiger partial charge in [-0.1, -0.05) is 36.4 Å². The fourth-order valence-electron chi connectivity index (χ4n) is 5.74. The maximum atomic E-state index is 13.8. The van der Waals surface area contributed by atoms with Gasteiger partial charge in [-0.2, -0.15) is 5.10 Å². The van der Waals surface area contributed by atoms with E-state index in [9.17, 15) is 4.79 Å². The minimum atomic E-state index is -0.329. The lowest BCUT2D eigenvalue weighted by Crippen LogP contribution is -2.38. The highest BCUT2D eigenvalue weighted by molar-refractivity contribution is 6.00. The Hall–Kier alpha value is -4.34. The maximum absolute atomic E-state index is 13.8. The Morgan fingerprint density at radius 2 is 1.71 bits per heavy atom. The lowest BCUT2D eigenvalue weighted by molar-refractivity contribution is 0.0354. The van der Waals surface area contributed by atoms with Crippen molar-refractivity contribution in [2.75, 3.05) is 53.6 Å². The number of carbonyl (C=O) groups excluding carboxylic acids is 1. The zero-order chi connectivity index (χ0) is 28.9. The summed E-state index contributed by atoms with van der Waals surface area (Å²) in [5, 5.41) is 7.67. The molecular weight excluding hydrogens is 532 g/mol. The van der Waals surface area contributed by atoms with E-state index in [4.69, 9.17) is 18.9 Å². The SMILES string of the molecule is COc1ccc(-c2n[nH]c3c2C(c2ccc(OCc4ccccc4)c(OC)c2)N(CCCN2CCOCC2)C3=O)cc1. The monoisotopic (exact) mass is 568 g/mol. The Labute approximate surface area is 246 Å². The van der Waals surface area contributed by atoms with Gasteiger partial charge in [0.05, 0.1) is 39.2 Å². The molecule has 3 aromatic carbocycles. The number of hydrogen-bond acceptors (Lipinski definition) is 7. The zero-order valence-corrected chi connectivity index (χ0v) is 24.0. The third kappa shape index (κ3) is 5.70. The average molecular weight is 569 g/mol. The Morgan fingerprint density at radius 3 is 2.45 bits per heavy atom. The number of rotatable bonds is 11. The van der Waals surface area contributed by atoms with Crippen LogP contribution in [0.15, 0.2) is 72.8 Å². The highest BCUT2D eigenvalue weighted by Crippen LogP contribution is 2.45. The number of nitrogens with one attached hydrogen (secondary N) is 1. The molecule has 3 heterocycles. The highest BCUT2D eigenvalue weighted by atomic mass is 16.5. The number of aromatic nitrogens is 2. The van der Waals surface area contributed by atoms with Crippen molar-refractivity contribution in [3.05, 3.63) is 95.2 Å². The number of nitrogens with zero attached hydrogens (tertiary/aromatic N) is 3. The van der Waals surface area contributed by atoms with Crippen molar-refractivity contribution in [2.24, 2.45) is 0 Å². The van der Waals surface area contributed by atoms with Gasteiger partial charge in [0.1, 0.15) is 18.1 Å². The molecule has 1 saturated heterocycles. The van der Waals surface area contributed by atoms with Crippen LogP contribution in [0.2, 0.25) is 0 Å². The Kier molecular flexibility index (Phi) is 8.39. The number of benzene rings is 3. The number of H-pyrrole nitrogens is 1. The lowest BCUT2D eigenvalue weighted by atomic mass is 9.95. The van der Waals surface area contributed by atoms with Crippen molar-refractivity contribution in [1.82, 2.24) is 20.0 Å². The Morgan fingerprint density at radius 1 is 0.929 bits per heavy atom. The summed E-state index contributed by atoms with van der Waals surface area (Å²) in [6.07, 6.45) is 0.854. The molecular formula is C33H36N4O5. The molecule has 6 rings (SSSR count). The van der Waals surface area contributed by atoms with Gasteiger partial charge in [-0.3, -0.25) is 14.8 Å². The predicted octanol–water partition coefficient (Wildman–Crippen LogP) is 4.94. The van der Waals surface area contributed by atoms with Crippen molar-refractivity contribution in [3.8, 4) is 28.5 Å². The van der Waals surface area contributed by atoms with E-state index in [1.165, 1.54) is 0 Å². The van der Waals surface area contributed by atoms with E-state index >= 15 is 0 Å². The van der Waals surface area contributed by atoms with Crippen LogP contribution in [0, 0.1) is 0 Å². The van der Waals surface area contributed by atoms with Crippen LogP contribution >= 0.6 is 0 Å². The van der Waals surface area contributed by atoms with Gasteiger partial charge in [0.2, 0.25) is 0 Å². The van der Waals surface area contributed by atoms with Gasteiger partial charge in [0, 0.05) is 37.3 Å². The molecule has 0 saturated carbocycles. The fraction of sp³-hybridized carbons (Fsp3) is 0.333. The second-order valence-corrected chi connectivity index (χ2v) is 10.5. The predicted molar refractivity (Wildman–Crippen MR) is 159 cm³/mol. The van der Waals surface area contributed by atoms with E-state index in [1.54, 1.807) is 14.2 Å². The number of amides is 1. The standard InChI is InChI=1S/C33H36N4O5/c1-39-26-12-9-24(10-13-26)30-29-31(35-34-30)33(38)37(16-6-15-36-17-19-41-20-18-36)32(29)25-11-14-27(28(21-25)40-2)42-22-23-7-4-3-5-8-23/h3-5,7-14,21,32H,6,15-20,22H2,1-2H3,(H,34,35). The van der Waals surface area contributed by atoms with E-state index in [0.29, 0.717) is 30.3 Å². The number of methoxy groups -OCH3 is 2. The van der Waals surface area contributed by atoms with Gasteiger partial charge in [-0.25, -0.2) is 0 Å². The van der Waals surface area contributed by atoms with Gasteiger partial charge < -0.3 is 23.8 Å². The van der Waals surface area contributed by atoms with Crippen LogP contribution in [-0.4, -0.2) is 79.5 Å². The first-order valence-electron chi connectivity index (χ1n) is 14.3. The third-order valence-corrected chi connectivity index (χ3v) is 7.94. The molecule has 1 atom stereocenters. The molecule has 2 aliphatic rings. The number of hydrogen-bond donors (Lipinski definition) is 1. The van der Waals surface area contributed by atoms with Crippen molar-refractivity contribution >= 4 is 5.91 Å². The van der Waals surface area contributed by atoms with Crippen LogP contribution < -0.4 is 14.2 Å². The van der Waals surface area contributed by atoms with E-state index in [-0.39, 0.29) is 11.9 Å². The van der Waals surface area contributed by atoms with Crippen molar-refractivity contribution in [3.63, 3.8) is 0 Å². The molecule has 9 heteroatoms. The van der Waals surface area contributed by atoms with Gasteiger partial charge in [0.15, 0.2) is 11.5 Å². The Balaban J connectivity index is 1.32. The van der Waals surface area contributed by atoms with Gasteiger partial charge in [0.25, 0.3) is 5.91 Å². The first-order chi connectivity index (χ1) is 20.7. The number of fused-ring (bicyclic) bond motifs is 1. The number of aromatic amines is 1. The molecule has 2 aliphatic heterocycles. The maximum Gasteiger partial charge on any atom is 0.273 e. The third-order valence-electron chi connectivity index (χ3n) is 7.94. The number of morpholine rings is 1. The van der Waals surface area contributed by atoms with Crippen molar-refractivity contribution in [1.29, 1.82) is 0 Å². The fourth-order valence-corrected chi connectivity index (χ4v) is 5.74. The zero-order valence-electron chi connectivity index (χ0n) is 24.0. The van der Waals surface area contributed by atoms with Crippen LogP contribution in [0.4, 0.5) is 0 Å². The molecule has 0 bridgehead atoms. The molecule has 4 aromatic rings. The molecule has 0 radical (unpaired) electrons. The Bertz CT molecular complexity index is 1500. The van der Waals surface area contributed by atoms with Gasteiger partial charge in [-0.15, -0.1) is 0 Å². The largest absolute Gasteiger partial charge is 0.497 e. The summed E-state index contributed by atoms with van der Waals surface area (Å²) in [4.78, 5) is 18.2. The smallest absolute Gasteiger partial charge is 0.273 e. The minimum absolute atomic E-state index is 0.0485. The van der Waals surface area contributed by atoms with Crippen LogP contribution in [0.5, 0.6) is 17.2 Å². The van der Waals surface area contributed by atoms with Crippen LogP contribution in [0.3, 0.4) is 0 Å². The normalized spacial score (nSPS) is 16.9. The summed E-state index contributed by atoms with van der Waals surface area (Å²) in [6.45, 7) is 5.30. The van der Waals surface area contributed by atoms with Crippen LogP contribution in [0.25, 0.3) is 11.3 Å². The minimum Gasteiger partial charge on any atom is -0.497 e. The summed E-state index contributed by atoms with van der Waals surface area (Å²) in [5.41, 5.74) is 5.08. The van der Waals surface area contributed by atoms with Crippen molar-refractivity contribution < 1.29 is 23.7 Å². The first-order valence-corrected chi connectivity index (χ1v) is 14.3. The summed E-state index contributed by atoms with van der Waals surface area (Å²) >= 11 is 0. The summed E-state index contributed by atoms with van der Waals surface area (Å²) in [5.74, 6) is 1.98. The van der Waals surface area contributed by atoms with Gasteiger partial charge >= 0.3 is 0 Å². The summed E-state index contributed by atoms with van der Waals surface area (Å²) in [6, 6.07) is 23.4. The molecule has 0 spiro atoms. The van der Waals surface area contributed by atoms with E-state index in [1.807, 2.05) is 77.7 Å². The summed E-state index contributed by atoms with van der Waals surface area (Å²) < 4.78 is 22.8. The highest BCUT2D eigenvalue weighted by Gasteiger charge is 2.42. The number of ether oxygens (including phenoxy) is 4. The molecule has 0 aliphatic carbocycles. The molecule has 42 heavy (non-hydrogen) atoms. The lowest BCUT2D eigenvalue weighted by Gasteiger charge is -2.30. The molecule has 218 valence electrons. The number of carbonyl (C=O) groups is 1. The van der Waals surface area contributed by atoms with Crippen LogP contribution in [-0.2, 0) is 11.3 Å². The second kappa shape index (κ2) is 12.7. The topological polar surface area (TPSA) is 89.2 Å².